The molecule has 78 valence electrons. The highest BCUT2D eigenvalue weighted by atomic mass is 16.5. The molecule has 0 bridgehead atoms. The standard InChI is InChI=1S/C9H20N2O2/c1-7(2)8(13-4)9(10)11-5-6-12-3/h7-8H,5-6H2,1-4H3,(H2,10,11). The third-order valence-corrected chi connectivity index (χ3v) is 1.74. The van der Waals surface area contributed by atoms with Gasteiger partial charge in [-0.3, -0.25) is 4.99 Å². The third-order valence-electron chi connectivity index (χ3n) is 1.74. The van der Waals surface area contributed by atoms with E-state index in [1.807, 2.05) is 13.8 Å². The minimum Gasteiger partial charge on any atom is -0.385 e. The van der Waals surface area contributed by atoms with Crippen molar-refractivity contribution in [2.45, 2.75) is 20.0 Å². The molecule has 0 heterocycles. The molecule has 0 aliphatic carbocycles. The molecule has 0 aliphatic rings. The van der Waals surface area contributed by atoms with Crippen LogP contribution in [0.25, 0.3) is 0 Å². The SMILES string of the molecule is COCCN=C(N)C(OC)C(C)C. The molecule has 0 radical (unpaired) electrons. The molecule has 2 N–H and O–H groups in total. The molecule has 0 spiro atoms. The average Bonchev–Trinajstić information content (AvgIpc) is 2.05. The minimum atomic E-state index is -0.0862. The highest BCUT2D eigenvalue weighted by Gasteiger charge is 2.15. The maximum Gasteiger partial charge on any atom is 0.123 e. The average molecular weight is 188 g/mol. The number of amidine groups is 1. The van der Waals surface area contributed by atoms with Crippen molar-refractivity contribution >= 4 is 5.84 Å². The van der Waals surface area contributed by atoms with Gasteiger partial charge in [-0.15, -0.1) is 0 Å². The van der Waals surface area contributed by atoms with Crippen LogP contribution in [-0.2, 0) is 9.47 Å². The van der Waals surface area contributed by atoms with Crippen molar-refractivity contribution in [1.82, 2.24) is 0 Å². The molecule has 0 fully saturated rings. The van der Waals surface area contributed by atoms with Crippen molar-refractivity contribution in [3.8, 4) is 0 Å². The summed E-state index contributed by atoms with van der Waals surface area (Å²) in [5.74, 6) is 0.894. The van der Waals surface area contributed by atoms with Crippen LogP contribution in [0.4, 0.5) is 0 Å². The molecule has 13 heavy (non-hydrogen) atoms. The number of nitrogens with two attached hydrogens (primary N) is 1. The molecule has 0 aromatic rings. The van der Waals surface area contributed by atoms with Gasteiger partial charge in [-0.1, -0.05) is 13.8 Å². The summed E-state index contributed by atoms with van der Waals surface area (Å²) in [6.45, 7) is 5.28. The quantitative estimate of drug-likeness (QED) is 0.378. The lowest BCUT2D eigenvalue weighted by Gasteiger charge is -2.18. The van der Waals surface area contributed by atoms with Crippen LogP contribution in [0, 0.1) is 5.92 Å². The van der Waals surface area contributed by atoms with E-state index in [-0.39, 0.29) is 6.10 Å². The van der Waals surface area contributed by atoms with E-state index < -0.39 is 0 Å². The first-order valence-corrected chi connectivity index (χ1v) is 4.45. The first-order valence-electron chi connectivity index (χ1n) is 4.45. The lowest BCUT2D eigenvalue weighted by molar-refractivity contribution is 0.117. The molecule has 4 nitrogen and oxygen atoms in total. The predicted molar refractivity (Wildman–Crippen MR) is 54.0 cm³/mol. The molecule has 0 rings (SSSR count). The monoisotopic (exact) mass is 188 g/mol. The van der Waals surface area contributed by atoms with Gasteiger partial charge < -0.3 is 15.2 Å². The van der Waals surface area contributed by atoms with Crippen molar-refractivity contribution < 1.29 is 9.47 Å². The van der Waals surface area contributed by atoms with Crippen LogP contribution in [0.5, 0.6) is 0 Å². The zero-order chi connectivity index (χ0) is 10.3. The Hall–Kier alpha value is -0.610. The van der Waals surface area contributed by atoms with Gasteiger partial charge in [0.05, 0.1) is 13.2 Å². The Balaban J connectivity index is 4.02. The maximum absolute atomic E-state index is 5.74. The van der Waals surface area contributed by atoms with E-state index >= 15 is 0 Å². The number of hydrogen-bond acceptors (Lipinski definition) is 3. The molecule has 4 heteroatoms. The minimum absolute atomic E-state index is 0.0862. The van der Waals surface area contributed by atoms with Crippen molar-refractivity contribution in [3.63, 3.8) is 0 Å². The predicted octanol–water partition coefficient (Wildman–Crippen LogP) is 0.661. The number of rotatable bonds is 6. The van der Waals surface area contributed by atoms with E-state index in [0.29, 0.717) is 24.9 Å². The van der Waals surface area contributed by atoms with Gasteiger partial charge in [-0.25, -0.2) is 0 Å². The van der Waals surface area contributed by atoms with E-state index in [2.05, 4.69) is 4.99 Å². The van der Waals surface area contributed by atoms with Crippen LogP contribution in [0.2, 0.25) is 0 Å². The summed E-state index contributed by atoms with van der Waals surface area (Å²) < 4.78 is 10.1. The fraction of sp³-hybridized carbons (Fsp3) is 0.889. The summed E-state index contributed by atoms with van der Waals surface area (Å²) in [5, 5.41) is 0. The zero-order valence-electron chi connectivity index (χ0n) is 8.91. The molecule has 1 unspecified atom stereocenters. The number of nitrogens with zero attached hydrogens (tertiary/aromatic N) is 1. The van der Waals surface area contributed by atoms with Gasteiger partial charge in [-0.05, 0) is 5.92 Å². The summed E-state index contributed by atoms with van der Waals surface area (Å²) in [4.78, 5) is 4.15. The third kappa shape index (κ3) is 4.85. The summed E-state index contributed by atoms with van der Waals surface area (Å²) in [7, 11) is 3.28. The Morgan fingerprint density at radius 1 is 1.38 bits per heavy atom. The number of aliphatic imine (C=N–C) groups is 1. The van der Waals surface area contributed by atoms with Crippen LogP contribution >= 0.6 is 0 Å². The van der Waals surface area contributed by atoms with E-state index in [0.717, 1.165) is 0 Å². The van der Waals surface area contributed by atoms with E-state index in [9.17, 15) is 0 Å². The lowest BCUT2D eigenvalue weighted by atomic mass is 10.1. The molecule has 1 atom stereocenters. The van der Waals surface area contributed by atoms with Crippen LogP contribution in [0.1, 0.15) is 13.8 Å². The van der Waals surface area contributed by atoms with E-state index in [1.165, 1.54) is 0 Å². The van der Waals surface area contributed by atoms with Crippen molar-refractivity contribution in [1.29, 1.82) is 0 Å². The normalized spacial score (nSPS) is 15.0. The summed E-state index contributed by atoms with van der Waals surface area (Å²) >= 11 is 0. The summed E-state index contributed by atoms with van der Waals surface area (Å²) in [6, 6.07) is 0. The van der Waals surface area contributed by atoms with E-state index in [4.69, 9.17) is 15.2 Å². The second-order valence-corrected chi connectivity index (χ2v) is 3.20. The molecule has 0 aromatic carbocycles. The van der Waals surface area contributed by atoms with Crippen molar-refractivity contribution in [2.75, 3.05) is 27.4 Å². The highest BCUT2D eigenvalue weighted by molar-refractivity contribution is 5.85. The second kappa shape index (κ2) is 6.86. The Bertz CT molecular complexity index is 158. The van der Waals surface area contributed by atoms with Gasteiger partial charge in [0.25, 0.3) is 0 Å². The first kappa shape index (κ1) is 12.4. The summed E-state index contributed by atoms with van der Waals surface area (Å²) in [6.07, 6.45) is -0.0862. The smallest absolute Gasteiger partial charge is 0.123 e. The topological polar surface area (TPSA) is 56.8 Å². The fourth-order valence-corrected chi connectivity index (χ4v) is 1.09. The van der Waals surface area contributed by atoms with Gasteiger partial charge in [-0.2, -0.15) is 0 Å². The Labute approximate surface area is 80.1 Å². The molecular formula is C9H20N2O2. The number of methoxy groups -OCH3 is 2. The van der Waals surface area contributed by atoms with Crippen LogP contribution in [-0.4, -0.2) is 39.3 Å². The molecule has 0 aliphatic heterocycles. The Morgan fingerprint density at radius 3 is 2.38 bits per heavy atom. The van der Waals surface area contributed by atoms with Crippen LogP contribution in [0.15, 0.2) is 4.99 Å². The van der Waals surface area contributed by atoms with Gasteiger partial charge in [0, 0.05) is 14.2 Å². The molecule has 0 aromatic heterocycles. The van der Waals surface area contributed by atoms with E-state index in [1.54, 1.807) is 14.2 Å². The summed E-state index contributed by atoms with van der Waals surface area (Å²) in [5.41, 5.74) is 5.74. The Kier molecular flexibility index (Phi) is 6.54. The van der Waals surface area contributed by atoms with Crippen LogP contribution in [0.3, 0.4) is 0 Å². The van der Waals surface area contributed by atoms with Gasteiger partial charge in [0.1, 0.15) is 11.9 Å². The van der Waals surface area contributed by atoms with Crippen molar-refractivity contribution in [2.24, 2.45) is 16.6 Å². The fourth-order valence-electron chi connectivity index (χ4n) is 1.09. The number of hydrogen-bond donors (Lipinski definition) is 1. The maximum atomic E-state index is 5.74. The highest BCUT2D eigenvalue weighted by Crippen LogP contribution is 2.05. The number of ether oxygens (including phenoxy) is 2. The van der Waals surface area contributed by atoms with Crippen molar-refractivity contribution in [3.05, 3.63) is 0 Å². The van der Waals surface area contributed by atoms with Gasteiger partial charge >= 0.3 is 0 Å². The first-order chi connectivity index (χ1) is 6.13. The molecule has 0 saturated heterocycles. The van der Waals surface area contributed by atoms with Gasteiger partial charge in [0.15, 0.2) is 0 Å². The lowest BCUT2D eigenvalue weighted by Crippen LogP contribution is -2.35. The van der Waals surface area contributed by atoms with Crippen LogP contribution < -0.4 is 5.73 Å². The largest absolute Gasteiger partial charge is 0.385 e. The zero-order valence-corrected chi connectivity index (χ0v) is 8.91. The molecule has 0 saturated carbocycles. The molecule has 0 amide bonds. The second-order valence-electron chi connectivity index (χ2n) is 3.20. The van der Waals surface area contributed by atoms with Gasteiger partial charge in [0.2, 0.25) is 0 Å². The molecular weight excluding hydrogens is 168 g/mol. The Morgan fingerprint density at radius 2 is 2.00 bits per heavy atom.